The highest BCUT2D eigenvalue weighted by Crippen LogP contribution is 2.27. The van der Waals surface area contributed by atoms with E-state index in [4.69, 9.17) is 24.2 Å². The summed E-state index contributed by atoms with van der Waals surface area (Å²) in [5.41, 5.74) is 26.1. The van der Waals surface area contributed by atoms with Crippen molar-refractivity contribution in [2.75, 3.05) is 7.05 Å². The smallest absolute Gasteiger partial charge is 0.187 e. The molecular weight excluding hydrogens is 496 g/mol. The van der Waals surface area contributed by atoms with Crippen LogP contribution < -0.4 is 0 Å². The molecule has 4 aromatic carbocycles. The third kappa shape index (κ3) is 9.74. The van der Waals surface area contributed by atoms with Crippen molar-refractivity contribution in [2.24, 2.45) is 10.2 Å². The molecule has 8 nitrogen and oxygen atoms in total. The lowest BCUT2D eigenvalue weighted by Crippen LogP contribution is -1.86. The molecule has 40 heavy (non-hydrogen) atoms. The van der Waals surface area contributed by atoms with Gasteiger partial charge in [0.25, 0.3) is 0 Å². The first-order valence-electron chi connectivity index (χ1n) is 12.5. The molecule has 4 rings (SSSR count). The zero-order valence-electron chi connectivity index (χ0n) is 23.1. The van der Waals surface area contributed by atoms with E-state index >= 15 is 0 Å². The van der Waals surface area contributed by atoms with E-state index in [1.54, 1.807) is 6.07 Å². The number of benzene rings is 4. The fourth-order valence-corrected chi connectivity index (χ4v) is 3.98. The van der Waals surface area contributed by atoms with Crippen molar-refractivity contribution in [3.8, 4) is 22.3 Å². The van der Waals surface area contributed by atoms with Crippen LogP contribution in [-0.4, -0.2) is 7.05 Å². The van der Waals surface area contributed by atoms with E-state index < -0.39 is 0 Å². The fraction of sp³-hybridized carbons (Fsp3) is 0.188. The number of rotatable bonds is 5. The lowest BCUT2D eigenvalue weighted by atomic mass is 9.99. The maximum absolute atomic E-state index is 8.38. The molecule has 0 N–H and O–H groups in total. The quantitative estimate of drug-likeness (QED) is 0.107. The van der Waals surface area contributed by atoms with Crippen molar-refractivity contribution in [1.82, 2.24) is 0 Å². The zero-order chi connectivity index (χ0) is 29.3. The molecule has 0 unspecified atom stereocenters. The van der Waals surface area contributed by atoms with Gasteiger partial charge >= 0.3 is 0 Å². The molecule has 0 atom stereocenters. The molecule has 0 amide bonds. The van der Waals surface area contributed by atoms with E-state index in [0.29, 0.717) is 17.9 Å². The monoisotopic (exact) mass is 526 g/mol. The molecule has 0 saturated carbocycles. The maximum Gasteiger partial charge on any atom is 0.187 e. The normalized spacial score (nSPS) is 9.15. The first-order chi connectivity index (χ1) is 19.4. The van der Waals surface area contributed by atoms with Crippen LogP contribution in [0.1, 0.15) is 29.2 Å². The van der Waals surface area contributed by atoms with Crippen molar-refractivity contribution in [3.05, 3.63) is 151 Å². The molecule has 0 fully saturated rings. The molecule has 0 saturated heterocycles. The molecule has 0 aliphatic heterocycles. The van der Waals surface area contributed by atoms with Gasteiger partial charge in [-0.2, -0.15) is 0 Å². The Hall–Kier alpha value is -5.52. The standard InChI is InChI=1S/C16H15N.C15H12N4.CH3N3/c1-4-13-8-12(2)9-15(10-13)14-6-5-7-16(11-14)17-3;1-11-6-12(10-18-19-16)8-14(7-11)13-4-3-5-15(9-13)17-2;1-3-4-2/h5-11H,4H2,1-2H3;3-9H,10H2,1H3;1H3. The Labute approximate surface area is 235 Å². The number of azide groups is 2. The van der Waals surface area contributed by atoms with Gasteiger partial charge in [-0.1, -0.05) is 101 Å². The third-order valence-electron chi connectivity index (χ3n) is 5.71. The Kier molecular flexibility index (Phi) is 12.5. The van der Waals surface area contributed by atoms with E-state index in [1.165, 1.54) is 23.7 Å². The van der Waals surface area contributed by atoms with Crippen molar-refractivity contribution < 1.29 is 0 Å². The molecule has 0 aromatic heterocycles. The Bertz CT molecular complexity index is 1630. The Morgan fingerprint density at radius 3 is 1.55 bits per heavy atom. The van der Waals surface area contributed by atoms with Crippen LogP contribution in [0, 0.1) is 27.0 Å². The minimum Gasteiger partial charge on any atom is -0.238 e. The van der Waals surface area contributed by atoms with E-state index in [-0.39, 0.29) is 0 Å². The highest BCUT2D eigenvalue weighted by Gasteiger charge is 2.03. The lowest BCUT2D eigenvalue weighted by Gasteiger charge is -2.07. The molecule has 0 aliphatic rings. The summed E-state index contributed by atoms with van der Waals surface area (Å²) in [6.07, 6.45) is 1.04. The van der Waals surface area contributed by atoms with E-state index in [2.05, 4.69) is 73.9 Å². The molecule has 0 spiro atoms. The number of hydrogen-bond acceptors (Lipinski definition) is 2. The first-order valence-corrected chi connectivity index (χ1v) is 12.5. The summed E-state index contributed by atoms with van der Waals surface area (Å²) in [4.78, 5) is 12.0. The fourth-order valence-electron chi connectivity index (χ4n) is 3.98. The SMILES string of the molecule is CN=[N+]=[N-].[C-]#[N+]c1cccc(-c2cc(C)cc(CC)c2)c1.[C-]#[N+]c1cccc(-c2cc(C)cc(CN=[N+]=[N-])c2)c1. The van der Waals surface area contributed by atoms with Crippen LogP contribution in [0.4, 0.5) is 11.4 Å². The van der Waals surface area contributed by atoms with E-state index in [0.717, 1.165) is 34.2 Å². The van der Waals surface area contributed by atoms with Crippen LogP contribution in [0.15, 0.2) is 95.2 Å². The molecule has 0 radical (unpaired) electrons. The second-order valence-electron chi connectivity index (χ2n) is 8.77. The second-order valence-corrected chi connectivity index (χ2v) is 8.77. The summed E-state index contributed by atoms with van der Waals surface area (Å²) in [6.45, 7) is 20.7. The van der Waals surface area contributed by atoms with Gasteiger partial charge in [-0.15, -0.1) is 0 Å². The molecule has 0 bridgehead atoms. The molecule has 4 aromatic rings. The topological polar surface area (TPSA) is 106 Å². The lowest BCUT2D eigenvalue weighted by molar-refractivity contribution is 1.04. The average Bonchev–Trinajstić information content (AvgIpc) is 2.99. The van der Waals surface area contributed by atoms with Gasteiger partial charge in [-0.05, 0) is 76.8 Å². The predicted molar refractivity (Wildman–Crippen MR) is 163 cm³/mol. The minimum atomic E-state index is 0.341. The molecule has 198 valence electrons. The van der Waals surface area contributed by atoms with Crippen molar-refractivity contribution in [1.29, 1.82) is 0 Å². The summed E-state index contributed by atoms with van der Waals surface area (Å²) in [6, 6.07) is 27.9. The summed E-state index contributed by atoms with van der Waals surface area (Å²) in [5, 5.41) is 6.50. The average molecular weight is 527 g/mol. The van der Waals surface area contributed by atoms with Crippen LogP contribution in [0.2, 0.25) is 0 Å². The van der Waals surface area contributed by atoms with Gasteiger partial charge in [0.05, 0.1) is 19.7 Å². The zero-order valence-corrected chi connectivity index (χ0v) is 23.1. The van der Waals surface area contributed by atoms with Crippen molar-refractivity contribution in [3.63, 3.8) is 0 Å². The highest BCUT2D eigenvalue weighted by atomic mass is 15.1. The van der Waals surface area contributed by atoms with Gasteiger partial charge in [0.2, 0.25) is 0 Å². The minimum absolute atomic E-state index is 0.341. The molecule has 0 heterocycles. The molecule has 8 heteroatoms. The Balaban J connectivity index is 0.000000249. The van der Waals surface area contributed by atoms with Gasteiger partial charge < -0.3 is 0 Å². The Morgan fingerprint density at radius 1 is 0.650 bits per heavy atom. The van der Waals surface area contributed by atoms with Gasteiger partial charge in [0.15, 0.2) is 11.4 Å². The third-order valence-corrected chi connectivity index (χ3v) is 5.71. The maximum atomic E-state index is 8.38. The number of nitrogens with zero attached hydrogens (tertiary/aromatic N) is 8. The first kappa shape index (κ1) is 30.7. The summed E-state index contributed by atoms with van der Waals surface area (Å²) >= 11 is 0. The van der Waals surface area contributed by atoms with Crippen molar-refractivity contribution in [2.45, 2.75) is 33.7 Å². The van der Waals surface area contributed by atoms with Gasteiger partial charge in [-0.25, -0.2) is 9.69 Å². The number of hydrogen-bond donors (Lipinski definition) is 0. The van der Waals surface area contributed by atoms with Crippen LogP contribution in [-0.2, 0) is 13.0 Å². The molecule has 0 aliphatic carbocycles. The van der Waals surface area contributed by atoms with Gasteiger partial charge in [0, 0.05) is 16.9 Å². The van der Waals surface area contributed by atoms with Crippen molar-refractivity contribution >= 4 is 11.4 Å². The molecular formula is C32H30N8. The summed E-state index contributed by atoms with van der Waals surface area (Å²) in [7, 11) is 1.39. The van der Waals surface area contributed by atoms with E-state index in [9.17, 15) is 0 Å². The predicted octanol–water partition coefficient (Wildman–Crippen LogP) is 10.7. The second kappa shape index (κ2) is 16.3. The Morgan fingerprint density at radius 2 is 1.12 bits per heavy atom. The van der Waals surface area contributed by atoms with E-state index in [1.807, 2.05) is 55.5 Å². The largest absolute Gasteiger partial charge is 0.238 e. The van der Waals surface area contributed by atoms with Gasteiger partial charge in [0.1, 0.15) is 0 Å². The van der Waals surface area contributed by atoms with Crippen LogP contribution in [0.25, 0.3) is 52.8 Å². The van der Waals surface area contributed by atoms with Gasteiger partial charge in [-0.3, -0.25) is 0 Å². The van der Waals surface area contributed by atoms with Crippen LogP contribution in [0.3, 0.4) is 0 Å². The summed E-state index contributed by atoms with van der Waals surface area (Å²) < 4.78 is 0. The van der Waals surface area contributed by atoms with Crippen LogP contribution >= 0.6 is 0 Å². The highest BCUT2D eigenvalue weighted by molar-refractivity contribution is 5.70. The summed E-state index contributed by atoms with van der Waals surface area (Å²) in [5.74, 6) is 0. The number of aryl methyl sites for hydroxylation is 3. The van der Waals surface area contributed by atoms with Crippen LogP contribution in [0.5, 0.6) is 0 Å².